The van der Waals surface area contributed by atoms with Gasteiger partial charge in [0, 0.05) is 33.7 Å². The summed E-state index contributed by atoms with van der Waals surface area (Å²) in [7, 11) is 0. The van der Waals surface area contributed by atoms with E-state index < -0.39 is 0 Å². The van der Waals surface area contributed by atoms with Gasteiger partial charge in [0.05, 0.1) is 0 Å². The van der Waals surface area contributed by atoms with E-state index in [-0.39, 0.29) is 5.78 Å². The average Bonchev–Trinajstić information content (AvgIpc) is 2.90. The van der Waals surface area contributed by atoms with Gasteiger partial charge >= 0.3 is 0 Å². The van der Waals surface area contributed by atoms with Crippen LogP contribution in [0.4, 0.5) is 0 Å². The molecule has 0 unspecified atom stereocenters. The van der Waals surface area contributed by atoms with E-state index in [1.165, 1.54) is 0 Å². The zero-order chi connectivity index (χ0) is 14.8. The normalized spacial score (nSPS) is 11.0. The zero-order valence-electron chi connectivity index (χ0n) is 11.7. The van der Waals surface area contributed by atoms with E-state index in [4.69, 9.17) is 0 Å². The number of carbonyl (C=O) groups is 1. The number of nitrogens with zero attached hydrogens (tertiary/aromatic N) is 1. The van der Waals surface area contributed by atoms with Crippen LogP contribution in [-0.2, 0) is 12.8 Å². The summed E-state index contributed by atoms with van der Waals surface area (Å²) in [4.78, 5) is 20.0. The predicted molar refractivity (Wildman–Crippen MR) is 87.6 cm³/mol. The molecule has 3 nitrogen and oxygen atoms in total. The molecule has 106 valence electrons. The largest absolute Gasteiger partial charge is 0.343 e. The summed E-state index contributed by atoms with van der Waals surface area (Å²) in [6.45, 7) is 2.10. The highest BCUT2D eigenvalue weighted by atomic mass is 79.9. The van der Waals surface area contributed by atoms with Crippen LogP contribution in [0, 0.1) is 0 Å². The van der Waals surface area contributed by atoms with Crippen LogP contribution < -0.4 is 0 Å². The van der Waals surface area contributed by atoms with Gasteiger partial charge in [0.25, 0.3) is 0 Å². The number of nitrogens with one attached hydrogen (secondary N) is 1. The van der Waals surface area contributed by atoms with Crippen molar-refractivity contribution in [1.29, 1.82) is 0 Å². The summed E-state index contributed by atoms with van der Waals surface area (Å²) in [6.07, 6.45) is 3.08. The third-order valence-corrected chi connectivity index (χ3v) is 4.19. The molecule has 1 N–H and O–H groups in total. The molecular weight excluding hydrogens is 328 g/mol. The molecule has 0 aliphatic carbocycles. The van der Waals surface area contributed by atoms with Gasteiger partial charge in [0.15, 0.2) is 5.78 Å². The number of fused-ring (bicyclic) bond motifs is 1. The molecule has 0 amide bonds. The molecule has 0 radical (unpaired) electrons. The molecule has 3 rings (SSSR count). The third-order valence-electron chi connectivity index (χ3n) is 3.50. The first-order valence-corrected chi connectivity index (χ1v) is 7.71. The van der Waals surface area contributed by atoms with Crippen molar-refractivity contribution in [3.8, 4) is 0 Å². The second-order valence-electron chi connectivity index (χ2n) is 5.01. The number of halogens is 1. The van der Waals surface area contributed by atoms with Crippen LogP contribution in [0.15, 0.2) is 47.1 Å². The van der Waals surface area contributed by atoms with Gasteiger partial charge in [-0.3, -0.25) is 4.79 Å². The monoisotopic (exact) mass is 342 g/mol. The third kappa shape index (κ3) is 2.90. The van der Waals surface area contributed by atoms with Crippen LogP contribution >= 0.6 is 15.9 Å². The van der Waals surface area contributed by atoms with Gasteiger partial charge in [0.2, 0.25) is 0 Å². The summed E-state index contributed by atoms with van der Waals surface area (Å²) < 4.78 is 0.832. The molecule has 0 aliphatic heterocycles. The molecule has 2 heterocycles. The SMILES string of the molecule is CCc1cc2cc(CC(=O)c3ccccc3Br)cnc2[nH]1. The van der Waals surface area contributed by atoms with Crippen molar-refractivity contribution in [2.75, 3.05) is 0 Å². The first-order chi connectivity index (χ1) is 10.2. The standard InChI is InChI=1S/C17H15BrN2O/c1-2-13-9-12-7-11(10-19-17(12)20-13)8-16(21)14-5-3-4-6-15(14)18/h3-7,9-10H,2,8H2,1H3,(H,19,20). The number of aromatic nitrogens is 2. The quantitative estimate of drug-likeness (QED) is 0.718. The first kappa shape index (κ1) is 14.0. The van der Waals surface area contributed by atoms with E-state index in [2.05, 4.69) is 38.9 Å². The molecule has 21 heavy (non-hydrogen) atoms. The van der Waals surface area contributed by atoms with E-state index in [1.807, 2.05) is 30.3 Å². The zero-order valence-corrected chi connectivity index (χ0v) is 13.3. The molecule has 0 bridgehead atoms. The molecule has 3 aromatic rings. The van der Waals surface area contributed by atoms with Gasteiger partial charge in [-0.1, -0.05) is 41.1 Å². The van der Waals surface area contributed by atoms with Crippen LogP contribution in [0.25, 0.3) is 11.0 Å². The number of Topliss-reactive ketones (excluding diaryl/α,β-unsaturated/α-hetero) is 1. The van der Waals surface area contributed by atoms with Gasteiger partial charge < -0.3 is 4.98 Å². The Morgan fingerprint density at radius 2 is 2.10 bits per heavy atom. The average molecular weight is 343 g/mol. The Labute approximate surface area is 131 Å². The molecule has 0 saturated carbocycles. The first-order valence-electron chi connectivity index (χ1n) is 6.91. The minimum absolute atomic E-state index is 0.0925. The van der Waals surface area contributed by atoms with E-state index in [0.29, 0.717) is 12.0 Å². The van der Waals surface area contributed by atoms with Gasteiger partial charge in [0.1, 0.15) is 5.65 Å². The number of rotatable bonds is 4. The van der Waals surface area contributed by atoms with Crippen molar-refractivity contribution in [2.45, 2.75) is 19.8 Å². The van der Waals surface area contributed by atoms with Crippen LogP contribution in [0.1, 0.15) is 28.5 Å². The number of hydrogen-bond donors (Lipinski definition) is 1. The van der Waals surface area contributed by atoms with Crippen molar-refractivity contribution in [3.05, 3.63) is 63.9 Å². The maximum absolute atomic E-state index is 12.4. The smallest absolute Gasteiger partial charge is 0.168 e. The highest BCUT2D eigenvalue weighted by molar-refractivity contribution is 9.10. The molecule has 0 saturated heterocycles. The second-order valence-corrected chi connectivity index (χ2v) is 5.86. The number of H-pyrrole nitrogens is 1. The predicted octanol–water partition coefficient (Wildman–Crippen LogP) is 4.31. The lowest BCUT2D eigenvalue weighted by atomic mass is 10.0. The lowest BCUT2D eigenvalue weighted by molar-refractivity contribution is 0.0992. The highest BCUT2D eigenvalue weighted by Gasteiger charge is 2.11. The van der Waals surface area contributed by atoms with Crippen LogP contribution in [-0.4, -0.2) is 15.8 Å². The fourth-order valence-electron chi connectivity index (χ4n) is 2.37. The lowest BCUT2D eigenvalue weighted by Gasteiger charge is -2.03. The van der Waals surface area contributed by atoms with Gasteiger partial charge in [-0.05, 0) is 30.2 Å². The van der Waals surface area contributed by atoms with E-state index in [0.717, 1.165) is 33.2 Å². The summed E-state index contributed by atoms with van der Waals surface area (Å²) in [5, 5.41) is 1.06. The Balaban J connectivity index is 1.87. The summed E-state index contributed by atoms with van der Waals surface area (Å²) in [5.74, 6) is 0.0925. The number of ketones is 1. The summed E-state index contributed by atoms with van der Waals surface area (Å²) in [5.41, 5.74) is 3.68. The second kappa shape index (κ2) is 5.82. The van der Waals surface area contributed by atoms with Crippen molar-refractivity contribution in [3.63, 3.8) is 0 Å². The Kier molecular flexibility index (Phi) is 3.88. The topological polar surface area (TPSA) is 45.8 Å². The maximum atomic E-state index is 12.4. The van der Waals surface area contributed by atoms with E-state index in [1.54, 1.807) is 6.20 Å². The highest BCUT2D eigenvalue weighted by Crippen LogP contribution is 2.20. The maximum Gasteiger partial charge on any atom is 0.168 e. The summed E-state index contributed by atoms with van der Waals surface area (Å²) in [6, 6.07) is 11.6. The Morgan fingerprint density at radius 3 is 2.86 bits per heavy atom. The number of pyridine rings is 1. The number of aryl methyl sites for hydroxylation is 1. The number of carbonyl (C=O) groups excluding carboxylic acids is 1. The fraction of sp³-hybridized carbons (Fsp3) is 0.176. The molecule has 4 heteroatoms. The van der Waals surface area contributed by atoms with E-state index in [9.17, 15) is 4.79 Å². The molecule has 2 aromatic heterocycles. The lowest BCUT2D eigenvalue weighted by Crippen LogP contribution is -2.04. The van der Waals surface area contributed by atoms with Gasteiger partial charge in [-0.15, -0.1) is 0 Å². The van der Waals surface area contributed by atoms with Crippen molar-refractivity contribution < 1.29 is 4.79 Å². The molecule has 0 spiro atoms. The molecule has 0 aliphatic rings. The van der Waals surface area contributed by atoms with Gasteiger partial charge in [-0.25, -0.2) is 4.98 Å². The Hall–Kier alpha value is -1.94. The van der Waals surface area contributed by atoms with Crippen molar-refractivity contribution in [1.82, 2.24) is 9.97 Å². The molecule has 0 fully saturated rings. The number of aromatic amines is 1. The summed E-state index contributed by atoms with van der Waals surface area (Å²) >= 11 is 3.42. The van der Waals surface area contributed by atoms with Crippen LogP contribution in [0.5, 0.6) is 0 Å². The Bertz CT molecular complexity index is 807. The molecule has 0 atom stereocenters. The minimum Gasteiger partial charge on any atom is -0.343 e. The minimum atomic E-state index is 0.0925. The number of hydrogen-bond acceptors (Lipinski definition) is 2. The fourth-order valence-corrected chi connectivity index (χ4v) is 2.88. The number of benzene rings is 1. The Morgan fingerprint density at radius 1 is 1.29 bits per heavy atom. The molecule has 1 aromatic carbocycles. The van der Waals surface area contributed by atoms with Crippen LogP contribution in [0.3, 0.4) is 0 Å². The van der Waals surface area contributed by atoms with Crippen LogP contribution in [0.2, 0.25) is 0 Å². The van der Waals surface area contributed by atoms with E-state index >= 15 is 0 Å². The molecular formula is C17H15BrN2O. The van der Waals surface area contributed by atoms with Crippen molar-refractivity contribution >= 4 is 32.7 Å². The van der Waals surface area contributed by atoms with Crippen molar-refractivity contribution in [2.24, 2.45) is 0 Å². The van der Waals surface area contributed by atoms with Gasteiger partial charge in [-0.2, -0.15) is 0 Å².